The summed E-state index contributed by atoms with van der Waals surface area (Å²) in [5, 5.41) is 67.6. The number of fused-ring (bicyclic) bond motifs is 3. The summed E-state index contributed by atoms with van der Waals surface area (Å²) >= 11 is 0. The lowest BCUT2D eigenvalue weighted by atomic mass is 9.98. The number of aliphatic hydroxyl groups is 5. The first-order valence-corrected chi connectivity index (χ1v) is 18.9. The highest BCUT2D eigenvalue weighted by molar-refractivity contribution is 7.61. The van der Waals surface area contributed by atoms with Crippen molar-refractivity contribution in [1.29, 1.82) is 0 Å². The van der Waals surface area contributed by atoms with Crippen molar-refractivity contribution in [3.05, 3.63) is 35.9 Å². The summed E-state index contributed by atoms with van der Waals surface area (Å²) in [6.07, 6.45) is -10.3. The van der Waals surface area contributed by atoms with Crippen LogP contribution in [0.25, 0.3) is 11.2 Å². The standard InChI is InChI=1S/C27H35N9O17P2/c1-10-3-12-13(4-11(10)2)35(24-27(34-12,52-44)25(42)33-26(43)32-24)5-14(37)18(39)15(38)6-49-54(45,46)53-55(47,48)50-7-16-19(40)20(41)23(51-16)36-9-31-17-21(28)29-8-30-22(17)36/h3-4,8-9,14-16,18-20,23,34,37-41,44H,5-7H2,1-2H3,(H,45,46)(H,47,48)(H2,28,29,30)(H,33,42,43)/t14-,15+,16+,18-,19+,20+,23+,27?/m0/s1. The van der Waals surface area contributed by atoms with Gasteiger partial charge in [-0.15, -0.1) is 0 Å². The molecule has 0 bridgehead atoms. The third-order valence-corrected chi connectivity index (χ3v) is 11.4. The molecule has 3 amide bonds. The van der Waals surface area contributed by atoms with Crippen molar-refractivity contribution < 1.29 is 82.3 Å². The number of urea groups is 1. The minimum absolute atomic E-state index is 0.0193. The van der Waals surface area contributed by atoms with Crippen molar-refractivity contribution in [2.75, 3.05) is 35.7 Å². The molecule has 3 unspecified atom stereocenters. The number of benzene rings is 1. The van der Waals surface area contributed by atoms with Crippen LogP contribution in [0.3, 0.4) is 0 Å². The number of aromatic nitrogens is 4. The van der Waals surface area contributed by atoms with Crippen LogP contribution in [0.2, 0.25) is 0 Å². The van der Waals surface area contributed by atoms with E-state index in [1.54, 1.807) is 26.0 Å². The molecule has 3 aliphatic heterocycles. The molecule has 28 heteroatoms. The number of aryl methyl sites for hydroxylation is 2. The molecule has 1 saturated heterocycles. The number of carbonyl (C=O) groups is 2. The van der Waals surface area contributed by atoms with Gasteiger partial charge >= 0.3 is 27.4 Å². The maximum absolute atomic E-state index is 12.8. The molecule has 26 nitrogen and oxygen atoms in total. The zero-order valence-electron chi connectivity index (χ0n) is 28.4. The highest BCUT2D eigenvalue weighted by Crippen LogP contribution is 2.60. The molecule has 300 valence electrons. The van der Waals surface area contributed by atoms with Gasteiger partial charge in [-0.1, -0.05) is 0 Å². The number of ether oxygens (including phenoxy) is 1. The Morgan fingerprint density at radius 3 is 2.42 bits per heavy atom. The first kappa shape index (κ1) is 40.6. The molecular weight excluding hydrogens is 784 g/mol. The number of nitrogens with zero attached hydrogens (tertiary/aromatic N) is 6. The van der Waals surface area contributed by atoms with Gasteiger partial charge in [0.25, 0.3) is 5.91 Å². The number of nitrogen functional groups attached to an aromatic ring is 1. The average molecular weight is 820 g/mol. The van der Waals surface area contributed by atoms with Crippen LogP contribution in [-0.4, -0.2) is 140 Å². The number of imidazole rings is 1. The fraction of sp³-hybridized carbons (Fsp3) is 0.481. The highest BCUT2D eigenvalue weighted by atomic mass is 31.3. The molecular formula is C27H35N9O17P2. The van der Waals surface area contributed by atoms with Crippen molar-refractivity contribution >= 4 is 61.8 Å². The quantitative estimate of drug-likeness (QED) is 0.0464. The molecule has 1 aromatic carbocycles. The van der Waals surface area contributed by atoms with Gasteiger partial charge in [0.1, 0.15) is 48.5 Å². The smallest absolute Gasteiger partial charge is 0.388 e. The predicted octanol–water partition coefficient (Wildman–Crippen LogP) is -2.26. The Morgan fingerprint density at radius 1 is 1.02 bits per heavy atom. The van der Waals surface area contributed by atoms with E-state index in [0.29, 0.717) is 11.1 Å². The summed E-state index contributed by atoms with van der Waals surface area (Å²) < 4.78 is 45.4. The summed E-state index contributed by atoms with van der Waals surface area (Å²) in [6.45, 7) is 0.445. The molecule has 10 atom stereocenters. The molecule has 1 fully saturated rings. The molecule has 3 aliphatic rings. The molecule has 5 heterocycles. The van der Waals surface area contributed by atoms with Gasteiger partial charge < -0.3 is 56.0 Å². The fourth-order valence-electron chi connectivity index (χ4n) is 5.89. The third-order valence-electron chi connectivity index (χ3n) is 8.84. The lowest BCUT2D eigenvalue weighted by molar-refractivity contribution is -0.284. The van der Waals surface area contributed by atoms with Crippen molar-refractivity contribution in [1.82, 2.24) is 24.8 Å². The van der Waals surface area contributed by atoms with Crippen molar-refractivity contribution in [2.45, 2.75) is 62.4 Å². The van der Waals surface area contributed by atoms with Crippen molar-refractivity contribution in [2.24, 2.45) is 4.99 Å². The van der Waals surface area contributed by atoms with Crippen LogP contribution in [0.5, 0.6) is 0 Å². The van der Waals surface area contributed by atoms with Gasteiger partial charge in [0.2, 0.25) is 0 Å². The molecule has 0 aliphatic carbocycles. The molecule has 3 aromatic rings. The average Bonchev–Trinajstić information content (AvgIpc) is 3.67. The second-order valence-corrected chi connectivity index (χ2v) is 15.6. The first-order chi connectivity index (χ1) is 25.8. The number of hydrogen-bond donors (Lipinski definition) is 11. The Bertz CT molecular complexity index is 2120. The van der Waals surface area contributed by atoms with E-state index in [1.165, 1.54) is 10.9 Å². The topological polar surface area (TPSA) is 386 Å². The van der Waals surface area contributed by atoms with Crippen LogP contribution in [0.1, 0.15) is 17.4 Å². The van der Waals surface area contributed by atoms with Gasteiger partial charge in [0.05, 0.1) is 37.5 Å². The molecule has 12 N–H and O–H groups in total. The van der Waals surface area contributed by atoms with Crippen LogP contribution >= 0.6 is 15.6 Å². The largest absolute Gasteiger partial charge is 0.481 e. The number of β-amino-alcohol motifs (C(OH)–C–C–N with tert-alkyl or cyclic N) is 1. The minimum atomic E-state index is -5.59. The summed E-state index contributed by atoms with van der Waals surface area (Å²) in [7, 11) is -11.1. The molecule has 55 heavy (non-hydrogen) atoms. The van der Waals surface area contributed by atoms with Crippen LogP contribution in [-0.2, 0) is 36.9 Å². The Balaban J connectivity index is 1.07. The van der Waals surface area contributed by atoms with E-state index in [4.69, 9.17) is 15.0 Å². The minimum Gasteiger partial charge on any atom is -0.388 e. The number of amidine groups is 1. The number of hydrogen-bond acceptors (Lipinski definition) is 21. The zero-order chi connectivity index (χ0) is 40.2. The molecule has 0 spiro atoms. The monoisotopic (exact) mass is 819 g/mol. The fourth-order valence-corrected chi connectivity index (χ4v) is 7.99. The number of aliphatic hydroxyl groups excluding tert-OH is 5. The van der Waals surface area contributed by atoms with Crippen LogP contribution in [0, 0.1) is 13.8 Å². The van der Waals surface area contributed by atoms with Crippen molar-refractivity contribution in [3.8, 4) is 0 Å². The van der Waals surface area contributed by atoms with Crippen molar-refractivity contribution in [3.63, 3.8) is 0 Å². The number of amides is 3. The number of nitrogens with two attached hydrogens (primary N) is 1. The van der Waals surface area contributed by atoms with Gasteiger partial charge in [-0.05, 0) is 37.1 Å². The van der Waals surface area contributed by atoms with E-state index in [2.05, 4.69) is 39.0 Å². The molecule has 6 rings (SSSR count). The maximum atomic E-state index is 12.8. The van der Waals surface area contributed by atoms with Gasteiger partial charge in [0, 0.05) is 0 Å². The maximum Gasteiger partial charge on any atom is 0.481 e. The SMILES string of the molecule is Cc1cc2c(cc1C)N(C[C@H](O)[C@H](O)[C@H](O)COP(=O)(O)OP(=O)(O)OC[C@H]1O[C@@H](n3cnc4c(N)ncnc43)[C@H](O)[C@@H]1O)C1=NC(=O)NC(=O)C1(OO)N2. The number of anilines is 3. The van der Waals surface area contributed by atoms with E-state index in [1.807, 2.05) is 5.32 Å². The summed E-state index contributed by atoms with van der Waals surface area (Å²) in [4.78, 5) is 66.3. The predicted molar refractivity (Wildman–Crippen MR) is 181 cm³/mol. The van der Waals surface area contributed by atoms with E-state index in [9.17, 15) is 59.3 Å². The number of phosphoric acid groups is 2. The van der Waals surface area contributed by atoms with Crippen LogP contribution < -0.4 is 21.3 Å². The van der Waals surface area contributed by atoms with E-state index in [-0.39, 0.29) is 28.4 Å². The van der Waals surface area contributed by atoms with Gasteiger partial charge in [0.15, 0.2) is 23.5 Å². The van der Waals surface area contributed by atoms with Gasteiger partial charge in [-0.25, -0.2) is 34.1 Å². The molecule has 0 saturated carbocycles. The number of phosphoric ester groups is 2. The summed E-state index contributed by atoms with van der Waals surface area (Å²) in [5.74, 6) is -1.71. The Morgan fingerprint density at radius 2 is 1.71 bits per heavy atom. The number of carbonyl (C=O) groups excluding carboxylic acids is 2. The highest BCUT2D eigenvalue weighted by Gasteiger charge is 2.56. The third kappa shape index (κ3) is 7.84. The lowest BCUT2D eigenvalue weighted by Gasteiger charge is -2.45. The van der Waals surface area contributed by atoms with E-state index in [0.717, 1.165) is 11.2 Å². The number of nitrogens with one attached hydrogen (secondary N) is 2. The zero-order valence-corrected chi connectivity index (χ0v) is 30.2. The Kier molecular flexibility index (Phi) is 11.1. The first-order valence-electron chi connectivity index (χ1n) is 15.9. The van der Waals surface area contributed by atoms with E-state index < -0.39 is 102 Å². The summed E-state index contributed by atoms with van der Waals surface area (Å²) in [6, 6.07) is 1.97. The summed E-state index contributed by atoms with van der Waals surface area (Å²) in [5.41, 5.74) is 5.33. The Labute approximate surface area is 307 Å². The van der Waals surface area contributed by atoms with E-state index >= 15 is 0 Å². The molecule has 2 aromatic heterocycles. The lowest BCUT2D eigenvalue weighted by Crippen LogP contribution is -2.70. The number of imide groups is 1. The Hall–Kier alpha value is -4.08. The van der Waals surface area contributed by atoms with Crippen LogP contribution in [0.15, 0.2) is 29.8 Å². The number of rotatable bonds is 14. The number of aliphatic imine (C=N–C) groups is 1. The second-order valence-electron chi connectivity index (χ2n) is 12.5. The normalized spacial score (nSPS) is 27.6. The van der Waals surface area contributed by atoms with Crippen LogP contribution in [0.4, 0.5) is 22.0 Å². The van der Waals surface area contributed by atoms with Gasteiger partial charge in [-0.3, -0.25) is 23.7 Å². The second kappa shape index (κ2) is 15.1. The van der Waals surface area contributed by atoms with Gasteiger partial charge in [-0.2, -0.15) is 14.2 Å². The molecule has 0 radical (unpaired) electrons.